The second-order valence-corrected chi connectivity index (χ2v) is 5.44. The van der Waals surface area contributed by atoms with Crippen LogP contribution >= 0.6 is 0 Å². The Morgan fingerprint density at radius 1 is 1.10 bits per heavy atom. The van der Waals surface area contributed by atoms with E-state index in [2.05, 4.69) is 6.92 Å². The van der Waals surface area contributed by atoms with Gasteiger partial charge in [-0.15, -0.1) is 0 Å². The Morgan fingerprint density at radius 3 is 2.20 bits per heavy atom. The minimum atomic E-state index is -1.12. The molecular weight excluding hydrogens is 264 g/mol. The van der Waals surface area contributed by atoms with Crippen molar-refractivity contribution in [2.75, 3.05) is 6.54 Å². The predicted molar refractivity (Wildman–Crippen MR) is 75.8 cm³/mol. The summed E-state index contributed by atoms with van der Waals surface area (Å²) in [6.07, 6.45) is 4.67. The van der Waals surface area contributed by atoms with E-state index >= 15 is 0 Å². The Balaban J connectivity index is 4.12. The van der Waals surface area contributed by atoms with Gasteiger partial charge in [0.25, 0.3) is 0 Å². The van der Waals surface area contributed by atoms with Crippen LogP contribution in [0.2, 0.25) is 0 Å². The van der Waals surface area contributed by atoms with Crippen LogP contribution in [0.3, 0.4) is 0 Å². The first kappa shape index (κ1) is 18.8. The van der Waals surface area contributed by atoms with Gasteiger partial charge in [0, 0.05) is 22.7 Å². The molecular formula is C13H26N2O5. The highest BCUT2D eigenvalue weighted by atomic mass is 16.6. The number of rotatable bonds is 12. The second-order valence-electron chi connectivity index (χ2n) is 5.44. The molecule has 0 aliphatic heterocycles. The van der Waals surface area contributed by atoms with Crippen LogP contribution in [0.1, 0.15) is 58.8 Å². The molecule has 0 aliphatic carbocycles. The van der Waals surface area contributed by atoms with Gasteiger partial charge in [0.05, 0.1) is 0 Å². The number of unbranched alkanes of at least 4 members (excludes halogenated alkanes) is 4. The smallest absolute Gasteiger partial charge is 0.229 e. The van der Waals surface area contributed by atoms with Gasteiger partial charge < -0.3 is 5.11 Å². The quantitative estimate of drug-likeness (QED) is 0.338. The number of hydrogen-bond acceptors (Lipinski definition) is 5. The van der Waals surface area contributed by atoms with Crippen molar-refractivity contribution >= 4 is 0 Å². The summed E-state index contributed by atoms with van der Waals surface area (Å²) >= 11 is 0. The molecule has 0 bridgehead atoms. The molecule has 7 nitrogen and oxygen atoms in total. The monoisotopic (exact) mass is 290 g/mol. The Kier molecular flexibility index (Phi) is 9.88. The van der Waals surface area contributed by atoms with Crippen LogP contribution in [0.25, 0.3) is 0 Å². The molecule has 0 radical (unpaired) electrons. The van der Waals surface area contributed by atoms with Gasteiger partial charge in [-0.2, -0.15) is 0 Å². The van der Waals surface area contributed by atoms with E-state index in [1.165, 1.54) is 0 Å². The van der Waals surface area contributed by atoms with Crippen molar-refractivity contribution in [2.24, 2.45) is 5.92 Å². The fourth-order valence-electron chi connectivity index (χ4n) is 2.21. The molecule has 0 saturated carbocycles. The van der Waals surface area contributed by atoms with Gasteiger partial charge in [-0.1, -0.05) is 39.5 Å². The third kappa shape index (κ3) is 8.79. The molecule has 0 spiro atoms. The minimum Gasteiger partial charge on any atom is -0.386 e. The van der Waals surface area contributed by atoms with Crippen LogP contribution in [0.5, 0.6) is 0 Å². The molecule has 118 valence electrons. The number of aliphatic hydroxyl groups excluding tert-OH is 1. The summed E-state index contributed by atoms with van der Waals surface area (Å²) in [4.78, 5) is 20.4. The van der Waals surface area contributed by atoms with E-state index in [0.717, 1.165) is 32.1 Å². The third-order valence-electron chi connectivity index (χ3n) is 3.58. The van der Waals surface area contributed by atoms with Crippen molar-refractivity contribution < 1.29 is 15.0 Å². The fourth-order valence-corrected chi connectivity index (χ4v) is 2.21. The summed E-state index contributed by atoms with van der Waals surface area (Å²) in [5, 5.41) is 30.9. The molecule has 3 unspecified atom stereocenters. The van der Waals surface area contributed by atoms with Gasteiger partial charge in [-0.3, -0.25) is 20.2 Å². The van der Waals surface area contributed by atoms with Crippen LogP contribution in [0, 0.1) is 26.1 Å². The van der Waals surface area contributed by atoms with E-state index in [-0.39, 0.29) is 11.3 Å². The third-order valence-corrected chi connectivity index (χ3v) is 3.58. The van der Waals surface area contributed by atoms with Gasteiger partial charge in [-0.25, -0.2) is 0 Å². The van der Waals surface area contributed by atoms with Crippen molar-refractivity contribution in [3.05, 3.63) is 20.2 Å². The largest absolute Gasteiger partial charge is 0.386 e. The summed E-state index contributed by atoms with van der Waals surface area (Å²) in [6, 6.07) is -0.715. The van der Waals surface area contributed by atoms with Crippen molar-refractivity contribution in [1.82, 2.24) is 0 Å². The van der Waals surface area contributed by atoms with E-state index in [9.17, 15) is 25.3 Å². The maximum Gasteiger partial charge on any atom is 0.229 e. The predicted octanol–water partition coefficient (Wildman–Crippen LogP) is 2.66. The van der Waals surface area contributed by atoms with Gasteiger partial charge in [0.15, 0.2) is 0 Å². The summed E-state index contributed by atoms with van der Waals surface area (Å²) in [5.41, 5.74) is 0. The Hall–Kier alpha value is -1.24. The number of nitro groups is 2. The van der Waals surface area contributed by atoms with Gasteiger partial charge >= 0.3 is 0 Å². The maximum absolute atomic E-state index is 11.0. The van der Waals surface area contributed by atoms with Crippen LogP contribution < -0.4 is 0 Å². The van der Waals surface area contributed by atoms with E-state index in [1.54, 1.807) is 6.92 Å². The second kappa shape index (κ2) is 10.5. The molecule has 0 aromatic rings. The molecule has 0 saturated heterocycles. The molecule has 1 N–H and O–H groups in total. The zero-order chi connectivity index (χ0) is 15.5. The minimum absolute atomic E-state index is 0.190. The van der Waals surface area contributed by atoms with E-state index in [4.69, 9.17) is 0 Å². The molecule has 0 aliphatic rings. The normalized spacial score (nSPS) is 15.6. The molecule has 0 aromatic heterocycles. The first-order valence-corrected chi connectivity index (χ1v) is 7.31. The highest BCUT2D eigenvalue weighted by Crippen LogP contribution is 2.18. The van der Waals surface area contributed by atoms with E-state index in [1.807, 2.05) is 0 Å². The molecule has 0 rings (SSSR count). The van der Waals surface area contributed by atoms with Crippen LogP contribution in [0.15, 0.2) is 0 Å². The lowest BCUT2D eigenvalue weighted by atomic mass is 9.93. The SMILES string of the molecule is CCCCCCCC(CC(C)C(O)C[N+](=O)[O-])[N+](=O)[O-]. The average Bonchev–Trinajstić information content (AvgIpc) is 2.35. The molecule has 7 heteroatoms. The number of aliphatic hydroxyl groups is 1. The average molecular weight is 290 g/mol. The van der Waals surface area contributed by atoms with Crippen LogP contribution in [-0.2, 0) is 0 Å². The molecule has 0 heterocycles. The number of hydrogen-bond donors (Lipinski definition) is 1. The molecule has 20 heavy (non-hydrogen) atoms. The highest BCUT2D eigenvalue weighted by molar-refractivity contribution is 4.69. The van der Waals surface area contributed by atoms with Crippen molar-refractivity contribution in [3.8, 4) is 0 Å². The van der Waals surface area contributed by atoms with Crippen molar-refractivity contribution in [2.45, 2.75) is 70.9 Å². The van der Waals surface area contributed by atoms with Gasteiger partial charge in [-0.05, 0) is 12.3 Å². The Bertz CT molecular complexity index is 298. The summed E-state index contributed by atoms with van der Waals surface area (Å²) < 4.78 is 0. The van der Waals surface area contributed by atoms with Crippen LogP contribution in [-0.4, -0.2) is 33.6 Å². The molecule has 0 amide bonds. The standard InChI is InChI=1S/C13H26N2O5/c1-3-4-5-6-7-8-12(15(19)20)9-11(2)13(16)10-14(17)18/h11-13,16H,3-10H2,1-2H3. The maximum atomic E-state index is 11.0. The van der Waals surface area contributed by atoms with Gasteiger partial charge in [0.1, 0.15) is 6.10 Å². The molecule has 3 atom stereocenters. The first-order chi connectivity index (χ1) is 9.38. The van der Waals surface area contributed by atoms with E-state index in [0.29, 0.717) is 6.42 Å². The van der Waals surface area contributed by atoms with E-state index < -0.39 is 29.5 Å². The van der Waals surface area contributed by atoms with Crippen LogP contribution in [0.4, 0.5) is 0 Å². The van der Waals surface area contributed by atoms with Crippen molar-refractivity contribution in [1.29, 1.82) is 0 Å². The number of nitrogens with zero attached hydrogens (tertiary/aromatic N) is 2. The van der Waals surface area contributed by atoms with Crippen molar-refractivity contribution in [3.63, 3.8) is 0 Å². The zero-order valence-corrected chi connectivity index (χ0v) is 12.4. The molecule has 0 aromatic carbocycles. The topological polar surface area (TPSA) is 107 Å². The Morgan fingerprint density at radius 2 is 1.70 bits per heavy atom. The zero-order valence-electron chi connectivity index (χ0n) is 12.4. The lowest BCUT2D eigenvalue weighted by Crippen LogP contribution is -2.31. The fraction of sp³-hybridized carbons (Fsp3) is 1.00. The molecule has 0 fully saturated rings. The summed E-state index contributed by atoms with van der Waals surface area (Å²) in [6.45, 7) is 3.18. The summed E-state index contributed by atoms with van der Waals surface area (Å²) in [5.74, 6) is -0.438. The van der Waals surface area contributed by atoms with Gasteiger partial charge in [0.2, 0.25) is 12.6 Å². The first-order valence-electron chi connectivity index (χ1n) is 7.31. The Labute approximate surface area is 119 Å². The lowest BCUT2D eigenvalue weighted by molar-refractivity contribution is -0.527. The lowest BCUT2D eigenvalue weighted by Gasteiger charge is -2.17. The summed E-state index contributed by atoms with van der Waals surface area (Å²) in [7, 11) is 0. The highest BCUT2D eigenvalue weighted by Gasteiger charge is 2.28.